The molecule has 1 aromatic carbocycles. The van der Waals surface area contributed by atoms with Crippen LogP contribution in [0.5, 0.6) is 0 Å². The van der Waals surface area contributed by atoms with Crippen LogP contribution in [0.3, 0.4) is 0 Å². The average molecular weight is 279 g/mol. The van der Waals surface area contributed by atoms with Crippen molar-refractivity contribution in [3.8, 4) is 0 Å². The van der Waals surface area contributed by atoms with Gasteiger partial charge in [0.05, 0.1) is 4.90 Å². The summed E-state index contributed by atoms with van der Waals surface area (Å²) in [6.07, 6.45) is 0.801. The molecule has 0 bridgehead atoms. The summed E-state index contributed by atoms with van der Waals surface area (Å²) < 4.78 is 59.8. The summed E-state index contributed by atoms with van der Waals surface area (Å²) in [6, 6.07) is 5.12. The molecule has 1 fully saturated rings. The molecule has 7 heteroatoms. The SMILES string of the molecule is O=S(=O)(c1cccc(C2CCNC2)c1)C(F)(F)F. The number of alkyl halides is 3. The minimum atomic E-state index is -5.25. The minimum absolute atomic E-state index is 0.0772. The number of hydrogen-bond donors (Lipinski definition) is 1. The van der Waals surface area contributed by atoms with Crippen LogP contribution < -0.4 is 5.32 Å². The molecular weight excluding hydrogens is 267 g/mol. The summed E-state index contributed by atoms with van der Waals surface area (Å²) >= 11 is 0. The summed E-state index contributed by atoms with van der Waals surface area (Å²) in [5.41, 5.74) is -4.62. The minimum Gasteiger partial charge on any atom is -0.316 e. The fourth-order valence-electron chi connectivity index (χ4n) is 2.01. The van der Waals surface area contributed by atoms with E-state index in [2.05, 4.69) is 5.32 Å². The van der Waals surface area contributed by atoms with Gasteiger partial charge in [0.2, 0.25) is 0 Å². The number of benzene rings is 1. The van der Waals surface area contributed by atoms with Gasteiger partial charge in [-0.15, -0.1) is 0 Å². The van der Waals surface area contributed by atoms with Crippen LogP contribution in [0.2, 0.25) is 0 Å². The van der Waals surface area contributed by atoms with Gasteiger partial charge >= 0.3 is 5.51 Å². The molecule has 1 aromatic rings. The zero-order valence-corrected chi connectivity index (χ0v) is 10.2. The molecule has 1 heterocycles. The van der Waals surface area contributed by atoms with Gasteiger partial charge in [-0.3, -0.25) is 0 Å². The fourth-order valence-corrected chi connectivity index (χ4v) is 2.82. The van der Waals surface area contributed by atoms with E-state index in [0.717, 1.165) is 25.1 Å². The van der Waals surface area contributed by atoms with E-state index in [1.165, 1.54) is 6.07 Å². The van der Waals surface area contributed by atoms with Crippen molar-refractivity contribution in [3.05, 3.63) is 29.8 Å². The highest BCUT2D eigenvalue weighted by molar-refractivity contribution is 7.92. The summed E-state index contributed by atoms with van der Waals surface area (Å²) in [6.45, 7) is 1.45. The Labute approximate surface area is 103 Å². The summed E-state index contributed by atoms with van der Waals surface area (Å²) in [5, 5.41) is 3.09. The molecule has 1 atom stereocenters. The van der Waals surface area contributed by atoms with E-state index in [9.17, 15) is 21.6 Å². The van der Waals surface area contributed by atoms with Gasteiger partial charge in [0, 0.05) is 6.54 Å². The smallest absolute Gasteiger partial charge is 0.316 e. The van der Waals surface area contributed by atoms with Gasteiger partial charge < -0.3 is 5.32 Å². The number of sulfone groups is 1. The maximum absolute atomic E-state index is 12.4. The molecule has 0 aliphatic carbocycles. The van der Waals surface area contributed by atoms with Gasteiger partial charge in [0.15, 0.2) is 0 Å². The van der Waals surface area contributed by atoms with E-state index < -0.39 is 20.2 Å². The van der Waals surface area contributed by atoms with Crippen LogP contribution in [0.1, 0.15) is 17.9 Å². The lowest BCUT2D eigenvalue weighted by atomic mass is 9.99. The van der Waals surface area contributed by atoms with Crippen molar-refractivity contribution < 1.29 is 21.6 Å². The molecule has 1 N–H and O–H groups in total. The Bertz CT molecular complexity index is 533. The Morgan fingerprint density at radius 2 is 2.00 bits per heavy atom. The monoisotopic (exact) mass is 279 g/mol. The maximum Gasteiger partial charge on any atom is 0.501 e. The Morgan fingerprint density at radius 1 is 1.28 bits per heavy atom. The second-order valence-electron chi connectivity index (χ2n) is 4.21. The Hall–Kier alpha value is -1.08. The lowest BCUT2D eigenvalue weighted by molar-refractivity contribution is -0.0436. The van der Waals surface area contributed by atoms with Crippen molar-refractivity contribution in [2.24, 2.45) is 0 Å². The van der Waals surface area contributed by atoms with Gasteiger partial charge in [0.1, 0.15) is 0 Å². The predicted octanol–water partition coefficient (Wildman–Crippen LogP) is 2.06. The van der Waals surface area contributed by atoms with Crippen LogP contribution in [0.15, 0.2) is 29.2 Å². The highest BCUT2D eigenvalue weighted by atomic mass is 32.2. The first-order chi connectivity index (χ1) is 8.32. The molecule has 1 aliphatic heterocycles. The molecule has 18 heavy (non-hydrogen) atoms. The number of rotatable bonds is 2. The molecule has 100 valence electrons. The van der Waals surface area contributed by atoms with Crippen LogP contribution in [0.4, 0.5) is 13.2 Å². The van der Waals surface area contributed by atoms with Gasteiger partial charge in [-0.25, -0.2) is 8.42 Å². The first-order valence-electron chi connectivity index (χ1n) is 5.44. The third-order valence-corrected chi connectivity index (χ3v) is 4.49. The van der Waals surface area contributed by atoms with Crippen LogP contribution in [0.25, 0.3) is 0 Å². The maximum atomic E-state index is 12.4. The number of hydrogen-bond acceptors (Lipinski definition) is 3. The highest BCUT2D eigenvalue weighted by Gasteiger charge is 2.46. The fraction of sp³-hybridized carbons (Fsp3) is 0.455. The molecule has 2 rings (SSSR count). The van der Waals surface area contributed by atoms with E-state index in [1.807, 2.05) is 0 Å². The van der Waals surface area contributed by atoms with Crippen LogP contribution >= 0.6 is 0 Å². The van der Waals surface area contributed by atoms with Crippen LogP contribution in [0, 0.1) is 0 Å². The third kappa shape index (κ3) is 2.37. The molecule has 0 radical (unpaired) electrons. The number of halogens is 3. The third-order valence-electron chi connectivity index (χ3n) is 3.00. The Balaban J connectivity index is 2.39. The van der Waals surface area contributed by atoms with E-state index in [0.29, 0.717) is 12.1 Å². The summed E-state index contributed by atoms with van der Waals surface area (Å²) in [4.78, 5) is -0.681. The Morgan fingerprint density at radius 3 is 2.56 bits per heavy atom. The zero-order valence-electron chi connectivity index (χ0n) is 9.37. The van der Waals surface area contributed by atoms with E-state index in [4.69, 9.17) is 0 Å². The highest BCUT2D eigenvalue weighted by Crippen LogP contribution is 2.32. The van der Waals surface area contributed by atoms with E-state index >= 15 is 0 Å². The predicted molar refractivity (Wildman–Crippen MR) is 59.9 cm³/mol. The molecule has 1 aliphatic rings. The van der Waals surface area contributed by atoms with Gasteiger partial charge in [-0.05, 0) is 36.6 Å². The van der Waals surface area contributed by atoms with Crippen molar-refractivity contribution in [3.63, 3.8) is 0 Å². The quantitative estimate of drug-likeness (QED) is 0.901. The van der Waals surface area contributed by atoms with Crippen molar-refractivity contribution in [1.29, 1.82) is 0 Å². The standard InChI is InChI=1S/C11H12F3NO2S/c12-11(13,14)18(16,17)10-3-1-2-8(6-10)9-4-5-15-7-9/h1-3,6,9,15H,4-5,7H2. The molecule has 0 aromatic heterocycles. The molecular formula is C11H12F3NO2S. The summed E-state index contributed by atoms with van der Waals surface area (Å²) in [7, 11) is -5.25. The van der Waals surface area contributed by atoms with E-state index in [1.54, 1.807) is 6.07 Å². The normalized spacial score (nSPS) is 21.2. The van der Waals surface area contributed by atoms with Gasteiger partial charge in [-0.2, -0.15) is 13.2 Å². The van der Waals surface area contributed by atoms with Crippen molar-refractivity contribution in [1.82, 2.24) is 5.32 Å². The zero-order chi connectivity index (χ0) is 13.4. The average Bonchev–Trinajstić information content (AvgIpc) is 2.81. The molecule has 0 spiro atoms. The second kappa shape index (κ2) is 4.55. The molecule has 1 saturated heterocycles. The molecule has 0 saturated carbocycles. The molecule has 3 nitrogen and oxygen atoms in total. The van der Waals surface area contributed by atoms with E-state index in [-0.39, 0.29) is 5.92 Å². The first-order valence-corrected chi connectivity index (χ1v) is 6.93. The van der Waals surface area contributed by atoms with Crippen LogP contribution in [-0.2, 0) is 9.84 Å². The van der Waals surface area contributed by atoms with Crippen molar-refractivity contribution in [2.75, 3.05) is 13.1 Å². The second-order valence-corrected chi connectivity index (χ2v) is 6.15. The topological polar surface area (TPSA) is 46.2 Å². The largest absolute Gasteiger partial charge is 0.501 e. The number of nitrogens with one attached hydrogen (secondary N) is 1. The summed E-state index contributed by atoms with van der Waals surface area (Å²) in [5.74, 6) is 0.0772. The van der Waals surface area contributed by atoms with Crippen molar-refractivity contribution in [2.45, 2.75) is 22.7 Å². The lowest BCUT2D eigenvalue weighted by Gasteiger charge is -2.12. The van der Waals surface area contributed by atoms with Crippen molar-refractivity contribution >= 4 is 9.84 Å². The molecule has 1 unspecified atom stereocenters. The lowest BCUT2D eigenvalue weighted by Crippen LogP contribution is -2.23. The molecule has 0 amide bonds. The van der Waals surface area contributed by atoms with Crippen LogP contribution in [-0.4, -0.2) is 27.0 Å². The van der Waals surface area contributed by atoms with Gasteiger partial charge in [-0.1, -0.05) is 12.1 Å². The van der Waals surface area contributed by atoms with Gasteiger partial charge in [0.25, 0.3) is 9.84 Å². The Kier molecular flexibility index (Phi) is 3.37. The first kappa shape index (κ1) is 13.4.